The first-order chi connectivity index (χ1) is 21.5. The van der Waals surface area contributed by atoms with E-state index in [0.717, 1.165) is 12.8 Å². The minimum Gasteiger partial charge on any atom is -0.463 e. The average molecular weight is 657 g/mol. The summed E-state index contributed by atoms with van der Waals surface area (Å²) in [5.74, 6) is -0.145. The van der Waals surface area contributed by atoms with Crippen LogP contribution in [-0.4, -0.2) is 146 Å². The Hall–Kier alpha value is -0.713. The Morgan fingerprint density at radius 3 is 1.02 bits per heavy atom. The molecule has 0 bridgehead atoms. The van der Waals surface area contributed by atoms with Crippen molar-refractivity contribution < 1.29 is 56.6 Å². The van der Waals surface area contributed by atoms with Crippen LogP contribution in [0.5, 0.6) is 0 Å². The lowest BCUT2D eigenvalue weighted by Crippen LogP contribution is -2.27. The van der Waals surface area contributed by atoms with Crippen LogP contribution in [0.25, 0.3) is 0 Å². The van der Waals surface area contributed by atoms with Crippen molar-refractivity contribution in [3.8, 4) is 0 Å². The predicted molar refractivity (Wildman–Crippen MR) is 171 cm³/mol. The number of hydrogen-bond acceptors (Lipinski definition) is 12. The second-order valence-corrected chi connectivity index (χ2v) is 15.4. The third kappa shape index (κ3) is 39.3. The van der Waals surface area contributed by atoms with Crippen LogP contribution in [0.1, 0.15) is 45.4 Å². The summed E-state index contributed by atoms with van der Waals surface area (Å²) in [6.45, 7) is 18.8. The van der Waals surface area contributed by atoms with Crippen molar-refractivity contribution in [2.24, 2.45) is 0 Å². The van der Waals surface area contributed by atoms with Crippen molar-refractivity contribution in [2.75, 3.05) is 132 Å². The normalized spacial score (nSPS) is 11.8. The van der Waals surface area contributed by atoms with Crippen molar-refractivity contribution in [1.29, 1.82) is 0 Å². The summed E-state index contributed by atoms with van der Waals surface area (Å²) in [6.07, 6.45) is 6.09. The maximum absolute atomic E-state index is 11.6. The zero-order valence-electron chi connectivity index (χ0n) is 28.3. The Morgan fingerprint density at radius 1 is 0.409 bits per heavy atom. The van der Waals surface area contributed by atoms with Crippen LogP contribution in [0.2, 0.25) is 19.6 Å². The van der Waals surface area contributed by atoms with Gasteiger partial charge in [-0.1, -0.05) is 32.6 Å². The highest BCUT2D eigenvalue weighted by atomic mass is 28.4. The van der Waals surface area contributed by atoms with Crippen molar-refractivity contribution in [3.05, 3.63) is 0 Å². The molecule has 0 saturated carbocycles. The summed E-state index contributed by atoms with van der Waals surface area (Å²) in [5.41, 5.74) is 0. The van der Waals surface area contributed by atoms with Crippen LogP contribution in [-0.2, 0) is 56.6 Å². The lowest BCUT2D eigenvalue weighted by Gasteiger charge is -2.16. The monoisotopic (exact) mass is 656 g/mol. The van der Waals surface area contributed by atoms with Gasteiger partial charge in [0.2, 0.25) is 0 Å². The molecular weight excluding hydrogens is 592 g/mol. The molecule has 0 radical (unpaired) electrons. The standard InChI is InChI=1S/C31H64O12Si/c1-5-6-7-8-9-10-31(32)42-29-27-40-25-23-38-21-19-36-17-15-34-13-11-33-12-14-35-16-18-37-20-22-39-24-26-41-28-30-43-44(2,3)4/h5-30H2,1-4H3. The van der Waals surface area contributed by atoms with Crippen molar-refractivity contribution in [1.82, 2.24) is 0 Å². The SMILES string of the molecule is CCCCCCCC(=O)OCCOCCOCCOCCOCCOCCOCCOCCOCCOCCO[Si](C)(C)C. The van der Waals surface area contributed by atoms with Gasteiger partial charge in [-0.25, -0.2) is 0 Å². The van der Waals surface area contributed by atoms with Gasteiger partial charge in [-0.3, -0.25) is 4.79 Å². The van der Waals surface area contributed by atoms with E-state index in [9.17, 15) is 4.79 Å². The van der Waals surface area contributed by atoms with Crippen LogP contribution in [0.3, 0.4) is 0 Å². The number of esters is 1. The van der Waals surface area contributed by atoms with Crippen LogP contribution < -0.4 is 0 Å². The molecule has 0 amide bonds. The molecule has 0 fully saturated rings. The van der Waals surface area contributed by atoms with Crippen molar-refractivity contribution in [3.63, 3.8) is 0 Å². The van der Waals surface area contributed by atoms with Gasteiger partial charge in [-0.05, 0) is 26.1 Å². The van der Waals surface area contributed by atoms with E-state index in [4.69, 9.17) is 51.8 Å². The number of ether oxygens (including phenoxy) is 10. The fourth-order valence-electron chi connectivity index (χ4n) is 3.43. The molecule has 0 aliphatic heterocycles. The fraction of sp³-hybridized carbons (Fsp3) is 0.968. The van der Waals surface area contributed by atoms with Gasteiger partial charge in [0.25, 0.3) is 0 Å². The summed E-state index contributed by atoms with van der Waals surface area (Å²) < 4.78 is 60.0. The van der Waals surface area contributed by atoms with E-state index in [-0.39, 0.29) is 12.6 Å². The van der Waals surface area contributed by atoms with E-state index in [1.165, 1.54) is 19.3 Å². The molecule has 0 aliphatic carbocycles. The summed E-state index contributed by atoms with van der Waals surface area (Å²) >= 11 is 0. The highest BCUT2D eigenvalue weighted by molar-refractivity contribution is 6.69. The van der Waals surface area contributed by atoms with Crippen LogP contribution in [0.15, 0.2) is 0 Å². The number of carbonyl (C=O) groups is 1. The van der Waals surface area contributed by atoms with E-state index in [1.807, 2.05) is 0 Å². The quantitative estimate of drug-likeness (QED) is 0.0548. The first-order valence-electron chi connectivity index (χ1n) is 16.4. The van der Waals surface area contributed by atoms with Gasteiger partial charge in [-0.2, -0.15) is 0 Å². The fourth-order valence-corrected chi connectivity index (χ4v) is 4.12. The van der Waals surface area contributed by atoms with E-state index in [0.29, 0.717) is 132 Å². The minimum absolute atomic E-state index is 0.145. The number of rotatable bonds is 37. The van der Waals surface area contributed by atoms with Crippen LogP contribution in [0.4, 0.5) is 0 Å². The Labute approximate surface area is 268 Å². The molecule has 0 rings (SSSR count). The Bertz CT molecular complexity index is 580. The van der Waals surface area contributed by atoms with E-state index < -0.39 is 8.32 Å². The Kier molecular flexibility index (Phi) is 34.6. The second-order valence-electron chi connectivity index (χ2n) is 10.9. The molecule has 12 nitrogen and oxygen atoms in total. The second kappa shape index (κ2) is 35.1. The summed E-state index contributed by atoms with van der Waals surface area (Å²) in [4.78, 5) is 11.6. The summed E-state index contributed by atoms with van der Waals surface area (Å²) in [5, 5.41) is 0. The van der Waals surface area contributed by atoms with Gasteiger partial charge in [0.1, 0.15) is 6.61 Å². The van der Waals surface area contributed by atoms with Gasteiger partial charge < -0.3 is 51.8 Å². The van der Waals surface area contributed by atoms with Crippen molar-refractivity contribution >= 4 is 14.3 Å². The Balaban J connectivity index is 3.10. The molecule has 13 heteroatoms. The highest BCUT2D eigenvalue weighted by Crippen LogP contribution is 2.05. The maximum atomic E-state index is 11.6. The summed E-state index contributed by atoms with van der Waals surface area (Å²) in [7, 11) is -1.45. The molecule has 0 N–H and O–H groups in total. The molecule has 44 heavy (non-hydrogen) atoms. The first kappa shape index (κ1) is 43.3. The van der Waals surface area contributed by atoms with Crippen molar-refractivity contribution in [2.45, 2.75) is 65.1 Å². The zero-order chi connectivity index (χ0) is 32.2. The van der Waals surface area contributed by atoms with Gasteiger partial charge in [0.15, 0.2) is 8.32 Å². The smallest absolute Gasteiger partial charge is 0.305 e. The molecule has 0 aromatic rings. The van der Waals surface area contributed by atoms with Gasteiger partial charge in [0, 0.05) is 6.42 Å². The molecule has 0 atom stereocenters. The maximum Gasteiger partial charge on any atom is 0.305 e. The molecule has 0 spiro atoms. The van der Waals surface area contributed by atoms with Gasteiger partial charge >= 0.3 is 5.97 Å². The van der Waals surface area contributed by atoms with E-state index in [2.05, 4.69) is 26.6 Å². The zero-order valence-corrected chi connectivity index (χ0v) is 29.3. The van der Waals surface area contributed by atoms with Crippen LogP contribution >= 0.6 is 0 Å². The van der Waals surface area contributed by atoms with Gasteiger partial charge in [-0.15, -0.1) is 0 Å². The third-order valence-corrected chi connectivity index (χ3v) is 6.78. The molecule has 0 saturated heterocycles. The number of unbranched alkanes of at least 4 members (excludes halogenated alkanes) is 4. The summed E-state index contributed by atoms with van der Waals surface area (Å²) in [6, 6.07) is 0. The molecular formula is C31H64O12Si. The molecule has 264 valence electrons. The lowest BCUT2D eigenvalue weighted by atomic mass is 10.1. The largest absolute Gasteiger partial charge is 0.463 e. The van der Waals surface area contributed by atoms with Crippen LogP contribution in [0, 0.1) is 0 Å². The highest BCUT2D eigenvalue weighted by Gasteiger charge is 2.13. The Morgan fingerprint density at radius 2 is 0.705 bits per heavy atom. The first-order valence-corrected chi connectivity index (χ1v) is 19.9. The number of carbonyl (C=O) groups excluding carboxylic acids is 1. The predicted octanol–water partition coefficient (Wildman–Crippen LogP) is 3.89. The third-order valence-electron chi connectivity index (χ3n) is 5.71. The van der Waals surface area contributed by atoms with Gasteiger partial charge in [0.05, 0.1) is 126 Å². The van der Waals surface area contributed by atoms with E-state index >= 15 is 0 Å². The molecule has 0 unspecified atom stereocenters. The topological polar surface area (TPSA) is 119 Å². The number of hydrogen-bond donors (Lipinski definition) is 0. The average Bonchev–Trinajstić information content (AvgIpc) is 2.99. The minimum atomic E-state index is -1.45. The lowest BCUT2D eigenvalue weighted by molar-refractivity contribution is -0.145. The molecule has 0 heterocycles. The molecule has 0 aromatic carbocycles. The molecule has 0 aromatic heterocycles. The molecule has 0 aliphatic rings. The van der Waals surface area contributed by atoms with E-state index in [1.54, 1.807) is 0 Å².